The molecule has 0 atom stereocenters. The van der Waals surface area contributed by atoms with Gasteiger partial charge in [0, 0.05) is 63.1 Å². The van der Waals surface area contributed by atoms with Crippen LogP contribution >= 0.6 is 23.2 Å². The largest absolute Gasteiger partial charge is 0.444 e. The molecule has 0 unspecified atom stereocenters. The van der Waals surface area contributed by atoms with E-state index in [4.69, 9.17) is 33.7 Å². The first-order chi connectivity index (χ1) is 19.6. The molecular weight excluding hydrogens is 563 g/mol. The lowest BCUT2D eigenvalue weighted by Crippen LogP contribution is -2.46. The van der Waals surface area contributed by atoms with Gasteiger partial charge in [-0.15, -0.1) is 0 Å². The smallest absolute Gasteiger partial charge is 0.407 e. The lowest BCUT2D eigenvalue weighted by Gasteiger charge is -2.34. The third-order valence-corrected chi connectivity index (χ3v) is 8.04. The number of aromatic nitrogens is 4. The quantitative estimate of drug-likeness (QED) is 0.232. The SMILES string of the molecule is CC(C)(C)OC(=O)NC1CCN(c2ccnc3[nH]cc(Cl)c23)CC1.NC1CCN(c2ccnc3[nH]cc(Cl)c23)CC1. The molecule has 2 aliphatic heterocycles. The van der Waals surface area contributed by atoms with Crippen molar-refractivity contribution in [2.45, 2.75) is 64.1 Å². The number of carbonyl (C=O) groups excluding carboxylic acids is 1. The lowest BCUT2D eigenvalue weighted by atomic mass is 10.0. The molecule has 0 radical (unpaired) electrons. The number of nitrogens with zero attached hydrogens (tertiary/aromatic N) is 4. The number of aromatic amines is 2. The van der Waals surface area contributed by atoms with Crippen LogP contribution in [0.15, 0.2) is 36.9 Å². The number of amides is 1. The summed E-state index contributed by atoms with van der Waals surface area (Å²) >= 11 is 12.5. The van der Waals surface area contributed by atoms with E-state index in [9.17, 15) is 4.79 Å². The molecule has 4 aromatic heterocycles. The standard InChI is InChI=1S/C17H23ClN4O2.C12H15ClN4/c1-17(2,3)24-16(23)21-11-5-8-22(9-6-11)13-4-7-19-15-14(13)12(18)10-20-15;13-9-7-16-12-11(9)10(1-4-15-12)17-5-2-8(14)3-6-17/h4,7,10-11H,5-6,8-9H2,1-3H3,(H,19,20)(H,21,23);1,4,7-8H,2-3,5-6,14H2,(H,15,16). The zero-order valence-corrected chi connectivity index (χ0v) is 25.2. The number of fused-ring (bicyclic) bond motifs is 2. The van der Waals surface area contributed by atoms with Gasteiger partial charge in [-0.1, -0.05) is 23.2 Å². The molecule has 2 saturated heterocycles. The third-order valence-electron chi connectivity index (χ3n) is 7.44. The fraction of sp³-hybridized carbons (Fsp3) is 0.483. The van der Waals surface area contributed by atoms with Crippen molar-refractivity contribution in [1.82, 2.24) is 25.3 Å². The minimum atomic E-state index is -0.474. The van der Waals surface area contributed by atoms with Crippen LogP contribution in [-0.2, 0) is 4.74 Å². The van der Waals surface area contributed by atoms with E-state index < -0.39 is 5.60 Å². The van der Waals surface area contributed by atoms with Gasteiger partial charge in [-0.25, -0.2) is 14.8 Å². The van der Waals surface area contributed by atoms with Crippen LogP contribution in [0.1, 0.15) is 46.5 Å². The van der Waals surface area contributed by atoms with E-state index in [1.165, 1.54) is 0 Å². The Morgan fingerprint density at radius 2 is 1.37 bits per heavy atom. The Morgan fingerprint density at radius 1 is 0.902 bits per heavy atom. The lowest BCUT2D eigenvalue weighted by molar-refractivity contribution is 0.0497. The molecule has 2 aliphatic rings. The number of nitrogens with two attached hydrogens (primary N) is 1. The second-order valence-corrected chi connectivity index (χ2v) is 12.4. The van der Waals surface area contributed by atoms with Crippen LogP contribution in [0, 0.1) is 0 Å². The second-order valence-electron chi connectivity index (χ2n) is 11.6. The maximum atomic E-state index is 11.9. The molecule has 2 fully saturated rings. The molecule has 1 amide bonds. The fourth-order valence-corrected chi connectivity index (χ4v) is 5.89. The van der Waals surface area contributed by atoms with Gasteiger partial charge >= 0.3 is 6.09 Å². The predicted octanol–water partition coefficient (Wildman–Crippen LogP) is 5.85. The van der Waals surface area contributed by atoms with E-state index in [2.05, 4.69) is 35.1 Å². The first-order valence-electron chi connectivity index (χ1n) is 14.1. The Morgan fingerprint density at radius 3 is 1.83 bits per heavy atom. The molecule has 0 aliphatic carbocycles. The summed E-state index contributed by atoms with van der Waals surface area (Å²) in [4.78, 5) is 31.3. The van der Waals surface area contributed by atoms with Gasteiger partial charge in [0.2, 0.25) is 0 Å². The molecule has 0 aromatic carbocycles. The molecule has 4 aromatic rings. The molecule has 10 nitrogen and oxygen atoms in total. The Bertz CT molecular complexity index is 1480. The first kappa shape index (κ1) is 29.3. The Balaban J connectivity index is 0.000000174. The Kier molecular flexibility index (Phi) is 8.82. The Labute approximate surface area is 249 Å². The summed E-state index contributed by atoms with van der Waals surface area (Å²) < 4.78 is 5.32. The van der Waals surface area contributed by atoms with Gasteiger partial charge in [-0.2, -0.15) is 0 Å². The molecule has 5 N–H and O–H groups in total. The van der Waals surface area contributed by atoms with Gasteiger partial charge in [-0.05, 0) is 58.6 Å². The van der Waals surface area contributed by atoms with Crippen molar-refractivity contribution in [1.29, 1.82) is 0 Å². The topological polar surface area (TPSA) is 128 Å². The van der Waals surface area contributed by atoms with Gasteiger partial charge < -0.3 is 35.6 Å². The van der Waals surface area contributed by atoms with Gasteiger partial charge in [0.25, 0.3) is 0 Å². The van der Waals surface area contributed by atoms with Crippen molar-refractivity contribution in [2.75, 3.05) is 36.0 Å². The van der Waals surface area contributed by atoms with E-state index in [0.29, 0.717) is 11.1 Å². The molecular formula is C29H38Cl2N8O2. The summed E-state index contributed by atoms with van der Waals surface area (Å²) in [6.45, 7) is 9.27. The minimum absolute atomic E-state index is 0.134. The minimum Gasteiger partial charge on any atom is -0.444 e. The molecule has 41 heavy (non-hydrogen) atoms. The highest BCUT2D eigenvalue weighted by molar-refractivity contribution is 6.37. The summed E-state index contributed by atoms with van der Waals surface area (Å²) in [6.07, 6.45) is 10.6. The maximum absolute atomic E-state index is 11.9. The predicted molar refractivity (Wildman–Crippen MR) is 166 cm³/mol. The molecule has 6 heterocycles. The van der Waals surface area contributed by atoms with Crippen molar-refractivity contribution < 1.29 is 9.53 Å². The number of ether oxygens (including phenoxy) is 1. The van der Waals surface area contributed by atoms with E-state index in [1.807, 2.05) is 39.1 Å². The molecule has 220 valence electrons. The van der Waals surface area contributed by atoms with E-state index >= 15 is 0 Å². The number of rotatable bonds is 3. The molecule has 12 heteroatoms. The number of nitrogens with one attached hydrogen (secondary N) is 3. The van der Waals surface area contributed by atoms with Gasteiger partial charge in [-0.3, -0.25) is 0 Å². The zero-order chi connectivity index (χ0) is 29.1. The average molecular weight is 602 g/mol. The van der Waals surface area contributed by atoms with Crippen molar-refractivity contribution in [3.05, 3.63) is 47.0 Å². The van der Waals surface area contributed by atoms with Crippen molar-refractivity contribution in [3.63, 3.8) is 0 Å². The number of pyridine rings is 2. The number of halogens is 2. The number of anilines is 2. The van der Waals surface area contributed by atoms with Crippen LogP contribution < -0.4 is 20.9 Å². The first-order valence-corrected chi connectivity index (χ1v) is 14.8. The van der Waals surface area contributed by atoms with E-state index in [-0.39, 0.29) is 12.1 Å². The number of alkyl carbamates (subject to hydrolysis) is 1. The van der Waals surface area contributed by atoms with E-state index in [0.717, 1.165) is 90.3 Å². The van der Waals surface area contributed by atoms with Crippen LogP contribution in [0.5, 0.6) is 0 Å². The van der Waals surface area contributed by atoms with Gasteiger partial charge in [0.1, 0.15) is 16.9 Å². The van der Waals surface area contributed by atoms with Crippen LogP contribution in [-0.4, -0.2) is 69.9 Å². The van der Waals surface area contributed by atoms with Gasteiger partial charge in [0.05, 0.1) is 32.2 Å². The average Bonchev–Trinajstić information content (AvgIpc) is 3.51. The normalized spacial score (nSPS) is 17.0. The van der Waals surface area contributed by atoms with Crippen LogP contribution in [0.25, 0.3) is 22.1 Å². The van der Waals surface area contributed by atoms with Crippen molar-refractivity contribution in [3.8, 4) is 0 Å². The number of H-pyrrole nitrogens is 2. The highest BCUT2D eigenvalue weighted by Gasteiger charge is 2.25. The van der Waals surface area contributed by atoms with Crippen molar-refractivity contribution >= 4 is 62.7 Å². The molecule has 0 saturated carbocycles. The molecule has 0 spiro atoms. The monoisotopic (exact) mass is 600 g/mol. The van der Waals surface area contributed by atoms with Gasteiger partial charge in [0.15, 0.2) is 0 Å². The zero-order valence-electron chi connectivity index (χ0n) is 23.7. The van der Waals surface area contributed by atoms with Crippen LogP contribution in [0.2, 0.25) is 10.0 Å². The fourth-order valence-electron chi connectivity index (χ4n) is 5.41. The summed E-state index contributed by atoms with van der Waals surface area (Å²) in [5.41, 5.74) is 9.35. The number of hydrogen-bond donors (Lipinski definition) is 4. The second kappa shape index (κ2) is 12.3. The number of carbonyl (C=O) groups is 1. The Hall–Kier alpha value is -3.21. The number of piperidine rings is 2. The van der Waals surface area contributed by atoms with Crippen LogP contribution in [0.3, 0.4) is 0 Å². The summed E-state index contributed by atoms with van der Waals surface area (Å²) in [5.74, 6) is 0. The summed E-state index contributed by atoms with van der Waals surface area (Å²) in [7, 11) is 0. The van der Waals surface area contributed by atoms with E-state index in [1.54, 1.807) is 18.6 Å². The highest BCUT2D eigenvalue weighted by Crippen LogP contribution is 2.34. The third kappa shape index (κ3) is 6.99. The van der Waals surface area contributed by atoms with Crippen molar-refractivity contribution in [2.24, 2.45) is 5.73 Å². The number of hydrogen-bond acceptors (Lipinski definition) is 7. The molecule has 6 rings (SSSR count). The highest BCUT2D eigenvalue weighted by atomic mass is 35.5. The van der Waals surface area contributed by atoms with Crippen LogP contribution in [0.4, 0.5) is 16.2 Å². The summed E-state index contributed by atoms with van der Waals surface area (Å²) in [6, 6.07) is 4.49. The maximum Gasteiger partial charge on any atom is 0.407 e. The molecule has 0 bridgehead atoms. The summed E-state index contributed by atoms with van der Waals surface area (Å²) in [5, 5.41) is 6.35.